The van der Waals surface area contributed by atoms with Crippen LogP contribution in [0.25, 0.3) is 32.0 Å². The molecule has 1 aromatic carbocycles. The van der Waals surface area contributed by atoms with Gasteiger partial charge in [0.1, 0.15) is 5.01 Å². The first kappa shape index (κ1) is 12.5. The molecule has 0 spiro atoms. The summed E-state index contributed by atoms with van der Waals surface area (Å²) in [7, 11) is 0. The molecule has 21 heavy (non-hydrogen) atoms. The van der Waals surface area contributed by atoms with Crippen molar-refractivity contribution in [1.82, 2.24) is 9.97 Å². The zero-order valence-electron chi connectivity index (χ0n) is 11.0. The van der Waals surface area contributed by atoms with Crippen LogP contribution in [-0.4, -0.2) is 9.97 Å². The van der Waals surface area contributed by atoms with Gasteiger partial charge in [0.05, 0.1) is 15.9 Å². The number of pyridine rings is 1. The van der Waals surface area contributed by atoms with Crippen LogP contribution < -0.4 is 5.73 Å². The molecule has 0 unspecified atom stereocenters. The molecule has 5 heteroatoms. The molecule has 102 valence electrons. The quantitative estimate of drug-likeness (QED) is 0.547. The fraction of sp³-hybridized carbons (Fsp3) is 0. The highest BCUT2D eigenvalue weighted by Crippen LogP contribution is 2.31. The summed E-state index contributed by atoms with van der Waals surface area (Å²) < 4.78 is 1.19. The van der Waals surface area contributed by atoms with E-state index < -0.39 is 0 Å². The van der Waals surface area contributed by atoms with Crippen LogP contribution in [0, 0.1) is 0 Å². The minimum absolute atomic E-state index is 0.753. The summed E-state index contributed by atoms with van der Waals surface area (Å²) in [5, 5.41) is 5.10. The van der Waals surface area contributed by atoms with Crippen molar-refractivity contribution in [1.29, 1.82) is 0 Å². The highest BCUT2D eigenvalue weighted by molar-refractivity contribution is 7.17. The SMILES string of the molecule is Nc1cccc(-c2csc(-c3cnc4ccsc4c3)n2)c1. The predicted octanol–water partition coefficient (Wildman–Crippen LogP) is 4.67. The van der Waals surface area contributed by atoms with Crippen molar-refractivity contribution in [2.45, 2.75) is 0 Å². The third-order valence-electron chi connectivity index (χ3n) is 3.24. The van der Waals surface area contributed by atoms with Gasteiger partial charge in [-0.15, -0.1) is 22.7 Å². The third-order valence-corrected chi connectivity index (χ3v) is 4.98. The number of hydrogen-bond donors (Lipinski definition) is 1. The second kappa shape index (κ2) is 4.95. The second-order valence-electron chi connectivity index (χ2n) is 4.69. The number of anilines is 1. The Labute approximate surface area is 129 Å². The van der Waals surface area contributed by atoms with Gasteiger partial charge in [0, 0.05) is 28.4 Å². The molecule has 3 nitrogen and oxygen atoms in total. The number of hydrogen-bond acceptors (Lipinski definition) is 5. The van der Waals surface area contributed by atoms with Gasteiger partial charge in [-0.1, -0.05) is 12.1 Å². The summed E-state index contributed by atoms with van der Waals surface area (Å²) in [6.45, 7) is 0. The average Bonchev–Trinajstić information content (AvgIpc) is 3.15. The average molecular weight is 309 g/mol. The van der Waals surface area contributed by atoms with E-state index in [1.54, 1.807) is 22.7 Å². The molecule has 0 aliphatic heterocycles. The van der Waals surface area contributed by atoms with Gasteiger partial charge in [-0.25, -0.2) is 4.98 Å². The Bertz CT molecular complexity index is 924. The van der Waals surface area contributed by atoms with Gasteiger partial charge in [0.15, 0.2) is 0 Å². The normalized spacial score (nSPS) is 11.0. The van der Waals surface area contributed by atoms with Crippen LogP contribution >= 0.6 is 22.7 Å². The number of nitrogens with two attached hydrogens (primary N) is 1. The molecule has 0 aliphatic carbocycles. The predicted molar refractivity (Wildman–Crippen MR) is 90.6 cm³/mol. The molecular formula is C16H11N3S2. The van der Waals surface area contributed by atoms with Crippen molar-refractivity contribution in [2.24, 2.45) is 0 Å². The van der Waals surface area contributed by atoms with Crippen molar-refractivity contribution in [3.63, 3.8) is 0 Å². The van der Waals surface area contributed by atoms with E-state index in [1.807, 2.05) is 36.5 Å². The van der Waals surface area contributed by atoms with Crippen molar-refractivity contribution in [3.05, 3.63) is 53.4 Å². The minimum Gasteiger partial charge on any atom is -0.399 e. The molecule has 3 heterocycles. The molecule has 0 fully saturated rings. The van der Waals surface area contributed by atoms with Crippen LogP contribution in [0.3, 0.4) is 0 Å². The van der Waals surface area contributed by atoms with Gasteiger partial charge in [0.25, 0.3) is 0 Å². The van der Waals surface area contributed by atoms with E-state index in [0.717, 1.165) is 33.0 Å². The van der Waals surface area contributed by atoms with E-state index in [9.17, 15) is 0 Å². The molecule has 0 aliphatic rings. The zero-order chi connectivity index (χ0) is 14.2. The lowest BCUT2D eigenvalue weighted by Crippen LogP contribution is -1.85. The highest BCUT2D eigenvalue weighted by Gasteiger charge is 2.08. The Morgan fingerprint density at radius 1 is 1.00 bits per heavy atom. The van der Waals surface area contributed by atoms with Gasteiger partial charge in [-0.3, -0.25) is 4.98 Å². The molecular weight excluding hydrogens is 298 g/mol. The number of thiophene rings is 1. The first-order valence-corrected chi connectivity index (χ1v) is 8.20. The molecule has 4 aromatic rings. The Morgan fingerprint density at radius 2 is 1.95 bits per heavy atom. The largest absolute Gasteiger partial charge is 0.399 e. The fourth-order valence-corrected chi connectivity index (χ4v) is 3.79. The van der Waals surface area contributed by atoms with E-state index >= 15 is 0 Å². The maximum atomic E-state index is 5.83. The molecule has 0 atom stereocenters. The topological polar surface area (TPSA) is 51.8 Å². The summed E-state index contributed by atoms with van der Waals surface area (Å²) in [6, 6.07) is 12.0. The maximum Gasteiger partial charge on any atom is 0.125 e. The lowest BCUT2D eigenvalue weighted by molar-refractivity contribution is 1.37. The molecule has 0 radical (unpaired) electrons. The van der Waals surface area contributed by atoms with E-state index in [4.69, 9.17) is 10.7 Å². The van der Waals surface area contributed by atoms with E-state index in [1.165, 1.54) is 4.70 Å². The van der Waals surface area contributed by atoms with Crippen molar-refractivity contribution in [3.8, 4) is 21.8 Å². The van der Waals surface area contributed by atoms with Gasteiger partial charge in [0.2, 0.25) is 0 Å². The summed E-state index contributed by atoms with van der Waals surface area (Å²) in [5.74, 6) is 0. The van der Waals surface area contributed by atoms with Crippen LogP contribution in [0.5, 0.6) is 0 Å². The van der Waals surface area contributed by atoms with Crippen molar-refractivity contribution < 1.29 is 0 Å². The Kier molecular flexibility index (Phi) is 2.94. The Hall–Kier alpha value is -2.24. The van der Waals surface area contributed by atoms with Crippen LogP contribution in [0.1, 0.15) is 0 Å². The van der Waals surface area contributed by atoms with E-state index in [-0.39, 0.29) is 0 Å². The van der Waals surface area contributed by atoms with Gasteiger partial charge in [-0.05, 0) is 29.6 Å². The molecule has 0 amide bonds. The number of thiazole rings is 1. The van der Waals surface area contributed by atoms with E-state index in [2.05, 4.69) is 21.8 Å². The summed E-state index contributed by atoms with van der Waals surface area (Å²) in [6.07, 6.45) is 1.89. The highest BCUT2D eigenvalue weighted by atomic mass is 32.1. The third kappa shape index (κ3) is 2.30. The standard InChI is InChI=1S/C16H11N3S2/c17-12-3-1-2-10(6-12)14-9-21-16(19-14)11-7-15-13(18-8-11)4-5-20-15/h1-9H,17H2. The molecule has 4 rings (SSSR count). The second-order valence-corrected chi connectivity index (χ2v) is 6.50. The monoisotopic (exact) mass is 309 g/mol. The summed E-state index contributed by atoms with van der Waals surface area (Å²) in [5.41, 5.74) is 10.7. The number of fused-ring (bicyclic) bond motifs is 1. The van der Waals surface area contributed by atoms with Gasteiger partial charge < -0.3 is 5.73 Å². The lowest BCUT2D eigenvalue weighted by atomic mass is 10.1. The summed E-state index contributed by atoms with van der Waals surface area (Å²) in [4.78, 5) is 9.18. The van der Waals surface area contributed by atoms with Gasteiger partial charge in [-0.2, -0.15) is 0 Å². The molecule has 0 bridgehead atoms. The van der Waals surface area contributed by atoms with Crippen LogP contribution in [0.2, 0.25) is 0 Å². The number of rotatable bonds is 2. The first-order chi connectivity index (χ1) is 10.3. The van der Waals surface area contributed by atoms with Gasteiger partial charge >= 0.3 is 0 Å². The van der Waals surface area contributed by atoms with Crippen molar-refractivity contribution >= 4 is 38.6 Å². The number of aromatic nitrogens is 2. The first-order valence-electron chi connectivity index (χ1n) is 6.45. The molecule has 2 N–H and O–H groups in total. The van der Waals surface area contributed by atoms with Crippen LogP contribution in [0.15, 0.2) is 53.4 Å². The lowest BCUT2D eigenvalue weighted by Gasteiger charge is -1.98. The van der Waals surface area contributed by atoms with Crippen LogP contribution in [-0.2, 0) is 0 Å². The molecule has 0 saturated carbocycles. The van der Waals surface area contributed by atoms with Crippen molar-refractivity contribution in [2.75, 3.05) is 5.73 Å². The van der Waals surface area contributed by atoms with E-state index in [0.29, 0.717) is 0 Å². The number of benzene rings is 1. The number of nitrogens with zero attached hydrogens (tertiary/aromatic N) is 2. The maximum absolute atomic E-state index is 5.83. The smallest absolute Gasteiger partial charge is 0.125 e. The molecule has 3 aromatic heterocycles. The van der Waals surface area contributed by atoms with Crippen LogP contribution in [0.4, 0.5) is 5.69 Å². The number of nitrogen functional groups attached to an aromatic ring is 1. The summed E-state index contributed by atoms with van der Waals surface area (Å²) >= 11 is 3.33. The Balaban J connectivity index is 1.76. The Morgan fingerprint density at radius 3 is 2.86 bits per heavy atom. The minimum atomic E-state index is 0.753. The fourth-order valence-electron chi connectivity index (χ4n) is 2.20. The molecule has 0 saturated heterocycles. The zero-order valence-corrected chi connectivity index (χ0v) is 12.6.